The Hall–Kier alpha value is -2.48. The quantitative estimate of drug-likeness (QED) is 0.741. The van der Waals surface area contributed by atoms with E-state index in [0.717, 1.165) is 11.3 Å². The Morgan fingerprint density at radius 3 is 2.63 bits per heavy atom. The molecular formula is C19H25FN2O5. The Labute approximate surface area is 157 Å². The molecule has 1 aromatic carbocycles. The van der Waals surface area contributed by atoms with Crippen LogP contribution in [-0.2, 0) is 25.5 Å². The van der Waals surface area contributed by atoms with Gasteiger partial charge in [-0.1, -0.05) is 25.5 Å². The molecule has 0 radical (unpaired) electrons. The van der Waals surface area contributed by atoms with Crippen molar-refractivity contribution < 1.29 is 28.6 Å². The van der Waals surface area contributed by atoms with Crippen LogP contribution in [0.4, 0.5) is 4.39 Å². The van der Waals surface area contributed by atoms with Gasteiger partial charge in [0.1, 0.15) is 11.9 Å². The summed E-state index contributed by atoms with van der Waals surface area (Å²) >= 11 is 0. The lowest BCUT2D eigenvalue weighted by Gasteiger charge is -2.39. The van der Waals surface area contributed by atoms with E-state index in [1.165, 1.54) is 24.1 Å². The zero-order valence-electron chi connectivity index (χ0n) is 15.6. The number of rotatable bonds is 8. The third kappa shape index (κ3) is 5.26. The van der Waals surface area contributed by atoms with Gasteiger partial charge in [-0.25, -0.2) is 9.18 Å². The molecule has 2 amide bonds. The van der Waals surface area contributed by atoms with Crippen LogP contribution in [0.3, 0.4) is 0 Å². The number of likely N-dealkylation sites (N-methyl/N-ethyl adjacent to an activating group) is 1. The molecule has 1 aliphatic heterocycles. The summed E-state index contributed by atoms with van der Waals surface area (Å²) in [5, 5.41) is 9.62. The predicted molar refractivity (Wildman–Crippen MR) is 95.3 cm³/mol. The number of nitrogens with zero attached hydrogens (tertiary/aromatic N) is 2. The van der Waals surface area contributed by atoms with E-state index in [1.807, 2.05) is 6.92 Å². The summed E-state index contributed by atoms with van der Waals surface area (Å²) in [6.07, 6.45) is -0.344. The van der Waals surface area contributed by atoms with Gasteiger partial charge in [0.25, 0.3) is 5.91 Å². The molecule has 1 N–H and O–H groups in total. The highest BCUT2D eigenvalue weighted by Gasteiger charge is 2.40. The molecule has 1 aromatic rings. The van der Waals surface area contributed by atoms with Crippen LogP contribution in [-0.4, -0.2) is 65.2 Å². The molecule has 148 valence electrons. The molecule has 0 spiro atoms. The second kappa shape index (κ2) is 9.45. The minimum Gasteiger partial charge on any atom is -0.478 e. The summed E-state index contributed by atoms with van der Waals surface area (Å²) in [4.78, 5) is 39.1. The molecule has 8 heteroatoms. The maximum Gasteiger partial charge on any atom is 0.347 e. The molecule has 1 fully saturated rings. The first-order chi connectivity index (χ1) is 12.8. The zero-order valence-corrected chi connectivity index (χ0v) is 15.6. The van der Waals surface area contributed by atoms with Gasteiger partial charge in [0.05, 0.1) is 6.61 Å². The number of benzene rings is 1. The van der Waals surface area contributed by atoms with E-state index in [0.29, 0.717) is 12.0 Å². The molecular weight excluding hydrogens is 355 g/mol. The summed E-state index contributed by atoms with van der Waals surface area (Å²) < 4.78 is 18.6. The lowest BCUT2D eigenvalue weighted by Crippen LogP contribution is -2.61. The number of hydrogen-bond donors (Lipinski definition) is 1. The van der Waals surface area contributed by atoms with Crippen molar-refractivity contribution in [2.24, 2.45) is 0 Å². The number of carboxylic acid groups (broad SMARTS) is 1. The number of amides is 2. The first kappa shape index (κ1) is 20.8. The standard InChI is InChI=1S/C19H25FN2O5/c1-3-4-5-16(23)21(2)17(19(25)26)22-10-11-27-15(18(22)24)12-13-6-8-14(20)9-7-13/h6-9,15,17H,3-5,10-12H2,1-2H3,(H,25,26). The van der Waals surface area contributed by atoms with E-state index in [2.05, 4.69) is 0 Å². The van der Waals surface area contributed by atoms with Gasteiger partial charge >= 0.3 is 5.97 Å². The third-order valence-corrected chi connectivity index (χ3v) is 4.56. The number of carbonyl (C=O) groups is 3. The van der Waals surface area contributed by atoms with Crippen molar-refractivity contribution in [3.05, 3.63) is 35.6 Å². The molecule has 0 aromatic heterocycles. The maximum atomic E-state index is 13.0. The van der Waals surface area contributed by atoms with Crippen LogP contribution in [0.2, 0.25) is 0 Å². The zero-order chi connectivity index (χ0) is 20.0. The molecule has 1 heterocycles. The Bertz CT molecular complexity index is 679. The second-order valence-corrected chi connectivity index (χ2v) is 6.54. The fraction of sp³-hybridized carbons (Fsp3) is 0.526. The van der Waals surface area contributed by atoms with E-state index < -0.39 is 24.1 Å². The van der Waals surface area contributed by atoms with Gasteiger partial charge in [-0.2, -0.15) is 0 Å². The van der Waals surface area contributed by atoms with Crippen LogP contribution in [0, 0.1) is 5.82 Å². The van der Waals surface area contributed by atoms with Gasteiger partial charge < -0.3 is 19.6 Å². The minimum absolute atomic E-state index is 0.0844. The van der Waals surface area contributed by atoms with E-state index in [-0.39, 0.29) is 37.7 Å². The largest absolute Gasteiger partial charge is 0.478 e. The molecule has 0 saturated carbocycles. The Morgan fingerprint density at radius 1 is 1.37 bits per heavy atom. The first-order valence-corrected chi connectivity index (χ1v) is 9.00. The summed E-state index contributed by atoms with van der Waals surface area (Å²) in [7, 11) is 1.40. The minimum atomic E-state index is -1.37. The van der Waals surface area contributed by atoms with Gasteiger partial charge in [0.15, 0.2) is 0 Å². The number of ether oxygens (including phenoxy) is 1. The van der Waals surface area contributed by atoms with Gasteiger partial charge in [-0.15, -0.1) is 0 Å². The Balaban J connectivity index is 2.13. The molecule has 2 unspecified atom stereocenters. The Morgan fingerprint density at radius 2 is 2.04 bits per heavy atom. The van der Waals surface area contributed by atoms with Gasteiger partial charge in [-0.3, -0.25) is 9.59 Å². The molecule has 0 aliphatic carbocycles. The van der Waals surface area contributed by atoms with E-state index in [9.17, 15) is 23.9 Å². The van der Waals surface area contributed by atoms with Crippen LogP contribution in [0.1, 0.15) is 31.7 Å². The number of aliphatic carboxylic acids is 1. The Kier molecular flexibility index (Phi) is 7.29. The number of unbranched alkanes of at least 4 members (excludes halogenated alkanes) is 1. The average Bonchev–Trinajstić information content (AvgIpc) is 2.64. The highest BCUT2D eigenvalue weighted by atomic mass is 19.1. The smallest absolute Gasteiger partial charge is 0.347 e. The van der Waals surface area contributed by atoms with E-state index in [4.69, 9.17) is 4.74 Å². The summed E-state index contributed by atoms with van der Waals surface area (Å²) in [5.41, 5.74) is 0.704. The monoisotopic (exact) mass is 380 g/mol. The van der Waals surface area contributed by atoms with Crippen molar-refractivity contribution in [2.75, 3.05) is 20.2 Å². The SMILES string of the molecule is CCCCC(=O)N(C)C(C(=O)O)N1CCOC(Cc2ccc(F)cc2)C1=O. The molecule has 2 rings (SSSR count). The first-order valence-electron chi connectivity index (χ1n) is 9.00. The van der Waals surface area contributed by atoms with E-state index >= 15 is 0 Å². The van der Waals surface area contributed by atoms with Crippen molar-refractivity contribution in [2.45, 2.75) is 44.9 Å². The normalized spacial score (nSPS) is 18.3. The fourth-order valence-corrected chi connectivity index (χ4v) is 3.03. The predicted octanol–water partition coefficient (Wildman–Crippen LogP) is 1.65. The van der Waals surface area contributed by atoms with E-state index in [1.54, 1.807) is 12.1 Å². The summed E-state index contributed by atoms with van der Waals surface area (Å²) in [6.45, 7) is 2.19. The molecule has 0 bridgehead atoms. The van der Waals surface area contributed by atoms with Gasteiger partial charge in [0, 0.05) is 26.4 Å². The third-order valence-electron chi connectivity index (χ3n) is 4.56. The molecule has 1 aliphatic rings. The molecule has 1 saturated heterocycles. The van der Waals surface area contributed by atoms with Crippen molar-refractivity contribution in [3.63, 3.8) is 0 Å². The number of halogens is 1. The van der Waals surface area contributed by atoms with Crippen LogP contribution in [0.25, 0.3) is 0 Å². The fourth-order valence-electron chi connectivity index (χ4n) is 3.03. The molecule has 2 atom stereocenters. The van der Waals surface area contributed by atoms with Gasteiger partial charge in [0.2, 0.25) is 12.1 Å². The lowest BCUT2D eigenvalue weighted by molar-refractivity contribution is -0.174. The second-order valence-electron chi connectivity index (χ2n) is 6.54. The van der Waals surface area contributed by atoms with Crippen LogP contribution in [0.5, 0.6) is 0 Å². The molecule has 7 nitrogen and oxygen atoms in total. The van der Waals surface area contributed by atoms with Crippen molar-refractivity contribution in [3.8, 4) is 0 Å². The van der Waals surface area contributed by atoms with Gasteiger partial charge in [-0.05, 0) is 24.1 Å². The lowest BCUT2D eigenvalue weighted by atomic mass is 10.1. The topological polar surface area (TPSA) is 87.2 Å². The van der Waals surface area contributed by atoms with Crippen LogP contribution in [0.15, 0.2) is 24.3 Å². The highest BCUT2D eigenvalue weighted by Crippen LogP contribution is 2.18. The van der Waals surface area contributed by atoms with Crippen LogP contribution < -0.4 is 0 Å². The average molecular weight is 380 g/mol. The van der Waals surface area contributed by atoms with Crippen molar-refractivity contribution >= 4 is 17.8 Å². The number of carboxylic acids is 1. The number of morpholine rings is 1. The number of carbonyl (C=O) groups excluding carboxylic acids is 2. The van der Waals surface area contributed by atoms with Crippen LogP contribution >= 0.6 is 0 Å². The summed E-state index contributed by atoms with van der Waals surface area (Å²) in [5.74, 6) is -2.46. The maximum absolute atomic E-state index is 13.0. The van der Waals surface area contributed by atoms with Crippen molar-refractivity contribution in [1.82, 2.24) is 9.80 Å². The number of hydrogen-bond acceptors (Lipinski definition) is 4. The highest BCUT2D eigenvalue weighted by molar-refractivity contribution is 5.89. The summed E-state index contributed by atoms with van der Waals surface area (Å²) in [6, 6.07) is 5.70. The van der Waals surface area contributed by atoms with Crippen molar-refractivity contribution in [1.29, 1.82) is 0 Å². The molecule has 27 heavy (non-hydrogen) atoms.